The number of para-hydroxylation sites is 2. The number of carbonyl (C=O) groups is 1. The van der Waals surface area contributed by atoms with Crippen LogP contribution in [0.3, 0.4) is 0 Å². The van der Waals surface area contributed by atoms with Crippen molar-refractivity contribution in [3.05, 3.63) is 65.9 Å². The first kappa shape index (κ1) is 18.3. The van der Waals surface area contributed by atoms with E-state index in [4.69, 9.17) is 4.74 Å². The third kappa shape index (κ3) is 3.75. The van der Waals surface area contributed by atoms with Crippen LogP contribution in [0.1, 0.15) is 42.3 Å². The zero-order valence-electron chi connectivity index (χ0n) is 16.6. The summed E-state index contributed by atoms with van der Waals surface area (Å²) in [6, 6.07) is 16.6. The van der Waals surface area contributed by atoms with Crippen LogP contribution in [0.4, 0.5) is 0 Å². The van der Waals surface area contributed by atoms with Gasteiger partial charge >= 0.3 is 0 Å². The molecular weight excluding hydrogens is 362 g/mol. The maximum atomic E-state index is 12.7. The number of hydrogen-bond acceptors (Lipinski definition) is 3. The Hall–Kier alpha value is -2.79. The van der Waals surface area contributed by atoms with E-state index in [1.807, 2.05) is 24.3 Å². The van der Waals surface area contributed by atoms with Crippen molar-refractivity contribution in [2.45, 2.75) is 31.2 Å². The lowest BCUT2D eigenvalue weighted by Gasteiger charge is -2.32. The van der Waals surface area contributed by atoms with E-state index in [-0.39, 0.29) is 11.9 Å². The van der Waals surface area contributed by atoms with Gasteiger partial charge in [0.1, 0.15) is 5.75 Å². The summed E-state index contributed by atoms with van der Waals surface area (Å²) in [5.41, 5.74) is 3.72. The number of nitrogens with one attached hydrogen (secondary N) is 2. The summed E-state index contributed by atoms with van der Waals surface area (Å²) in [7, 11) is 0. The zero-order valence-corrected chi connectivity index (χ0v) is 16.6. The second kappa shape index (κ2) is 7.91. The number of ether oxygens (including phenoxy) is 1. The molecule has 1 unspecified atom stereocenters. The maximum absolute atomic E-state index is 12.7. The van der Waals surface area contributed by atoms with Crippen LogP contribution in [-0.4, -0.2) is 42.0 Å². The van der Waals surface area contributed by atoms with Gasteiger partial charge in [-0.1, -0.05) is 36.4 Å². The van der Waals surface area contributed by atoms with E-state index < -0.39 is 0 Å². The topological polar surface area (TPSA) is 57.4 Å². The van der Waals surface area contributed by atoms with Gasteiger partial charge in [0.2, 0.25) is 5.91 Å². The monoisotopic (exact) mass is 389 g/mol. The van der Waals surface area contributed by atoms with Crippen molar-refractivity contribution in [3.63, 3.8) is 0 Å². The van der Waals surface area contributed by atoms with Gasteiger partial charge in [0, 0.05) is 29.1 Å². The van der Waals surface area contributed by atoms with Gasteiger partial charge < -0.3 is 15.0 Å². The van der Waals surface area contributed by atoms with Crippen molar-refractivity contribution in [2.24, 2.45) is 0 Å². The highest BCUT2D eigenvalue weighted by Gasteiger charge is 2.26. The fourth-order valence-corrected chi connectivity index (χ4v) is 4.77. The van der Waals surface area contributed by atoms with Gasteiger partial charge in [0.05, 0.1) is 19.2 Å². The van der Waals surface area contributed by atoms with Gasteiger partial charge in [-0.15, -0.1) is 0 Å². The Morgan fingerprint density at radius 2 is 1.83 bits per heavy atom. The van der Waals surface area contributed by atoms with E-state index in [0.717, 1.165) is 43.7 Å². The molecule has 150 valence electrons. The average Bonchev–Trinajstić information content (AvgIpc) is 3.19. The van der Waals surface area contributed by atoms with Gasteiger partial charge in [0.25, 0.3) is 0 Å². The van der Waals surface area contributed by atoms with E-state index >= 15 is 0 Å². The Balaban J connectivity index is 1.17. The lowest BCUT2D eigenvalue weighted by molar-refractivity contribution is -0.123. The number of benzene rings is 2. The first-order valence-electron chi connectivity index (χ1n) is 10.6. The second-order valence-electron chi connectivity index (χ2n) is 8.14. The summed E-state index contributed by atoms with van der Waals surface area (Å²) in [5, 5.41) is 4.55. The number of likely N-dealkylation sites (tertiary alicyclic amines) is 1. The summed E-state index contributed by atoms with van der Waals surface area (Å²) in [6.07, 6.45) is 5.18. The quantitative estimate of drug-likeness (QED) is 0.709. The SMILES string of the molecule is O=C(CN1CCC(c2c[nH]c3ccccc23)CC1)NC1CCOc2ccccc21. The molecule has 2 aliphatic rings. The first-order chi connectivity index (χ1) is 14.3. The number of H-pyrrole nitrogens is 1. The molecule has 5 heteroatoms. The Morgan fingerprint density at radius 1 is 1.03 bits per heavy atom. The van der Waals surface area contributed by atoms with Crippen LogP contribution in [0.15, 0.2) is 54.7 Å². The van der Waals surface area contributed by atoms with Gasteiger partial charge in [-0.3, -0.25) is 9.69 Å². The molecule has 1 amide bonds. The minimum atomic E-state index is 0.0520. The van der Waals surface area contributed by atoms with E-state index in [1.54, 1.807) is 0 Å². The van der Waals surface area contributed by atoms with Crippen LogP contribution in [0, 0.1) is 0 Å². The van der Waals surface area contributed by atoms with Crippen LogP contribution in [-0.2, 0) is 4.79 Å². The molecule has 5 nitrogen and oxygen atoms in total. The van der Waals surface area contributed by atoms with E-state index in [2.05, 4.69) is 45.7 Å². The molecule has 0 saturated carbocycles. The highest BCUT2D eigenvalue weighted by atomic mass is 16.5. The van der Waals surface area contributed by atoms with Crippen molar-refractivity contribution < 1.29 is 9.53 Å². The number of nitrogens with zero attached hydrogens (tertiary/aromatic N) is 1. The number of carbonyl (C=O) groups excluding carboxylic acids is 1. The fourth-order valence-electron chi connectivity index (χ4n) is 4.77. The number of aromatic nitrogens is 1. The molecule has 0 spiro atoms. The molecule has 2 aliphatic heterocycles. The average molecular weight is 389 g/mol. The third-order valence-electron chi connectivity index (χ3n) is 6.31. The molecule has 5 rings (SSSR count). The molecule has 0 radical (unpaired) electrons. The predicted octanol–water partition coefficient (Wildman–Crippen LogP) is 3.99. The first-order valence-corrected chi connectivity index (χ1v) is 10.6. The highest BCUT2D eigenvalue weighted by molar-refractivity contribution is 5.83. The second-order valence-corrected chi connectivity index (χ2v) is 8.14. The van der Waals surface area contributed by atoms with Crippen LogP contribution in [0.5, 0.6) is 5.75 Å². The van der Waals surface area contributed by atoms with E-state index in [9.17, 15) is 4.79 Å². The predicted molar refractivity (Wildman–Crippen MR) is 114 cm³/mol. The molecule has 2 N–H and O–H groups in total. The fraction of sp³-hybridized carbons (Fsp3) is 0.375. The van der Waals surface area contributed by atoms with Crippen molar-refractivity contribution in [1.29, 1.82) is 0 Å². The Bertz CT molecular complexity index is 1000. The summed E-state index contributed by atoms with van der Waals surface area (Å²) in [6.45, 7) is 3.04. The van der Waals surface area contributed by atoms with Crippen molar-refractivity contribution in [2.75, 3.05) is 26.2 Å². The molecule has 29 heavy (non-hydrogen) atoms. The van der Waals surface area contributed by atoms with Gasteiger partial charge in [0.15, 0.2) is 0 Å². The molecule has 2 aromatic carbocycles. The molecule has 1 atom stereocenters. The van der Waals surface area contributed by atoms with Gasteiger partial charge in [-0.05, 0) is 49.5 Å². The third-order valence-corrected chi connectivity index (χ3v) is 6.31. The molecular formula is C24H27N3O2. The van der Waals surface area contributed by atoms with E-state index in [0.29, 0.717) is 19.1 Å². The smallest absolute Gasteiger partial charge is 0.234 e. The molecule has 3 heterocycles. The standard InChI is InChI=1S/C24H27N3O2/c28-24(26-22-11-14-29-23-8-4-2-6-19(22)23)16-27-12-9-17(10-13-27)20-15-25-21-7-3-1-5-18(20)21/h1-8,15,17,22,25H,9-14,16H2,(H,26,28). The molecule has 3 aromatic rings. The number of amides is 1. The molecule has 1 saturated heterocycles. The van der Waals surface area contributed by atoms with Crippen molar-refractivity contribution in [1.82, 2.24) is 15.2 Å². The van der Waals surface area contributed by atoms with Crippen LogP contribution in [0.25, 0.3) is 10.9 Å². The number of aromatic amines is 1. The minimum Gasteiger partial charge on any atom is -0.493 e. The lowest BCUT2D eigenvalue weighted by Crippen LogP contribution is -2.42. The van der Waals surface area contributed by atoms with Gasteiger partial charge in [-0.25, -0.2) is 0 Å². The molecule has 1 aromatic heterocycles. The number of rotatable bonds is 4. The summed E-state index contributed by atoms with van der Waals surface area (Å²) < 4.78 is 5.70. The zero-order chi connectivity index (χ0) is 19.6. The maximum Gasteiger partial charge on any atom is 0.234 e. The minimum absolute atomic E-state index is 0.0520. The van der Waals surface area contributed by atoms with Crippen molar-refractivity contribution >= 4 is 16.8 Å². The van der Waals surface area contributed by atoms with Crippen molar-refractivity contribution in [3.8, 4) is 5.75 Å². The molecule has 0 bridgehead atoms. The summed E-state index contributed by atoms with van der Waals surface area (Å²) >= 11 is 0. The Kier molecular flexibility index (Phi) is 4.98. The number of piperidine rings is 1. The number of hydrogen-bond donors (Lipinski definition) is 2. The lowest BCUT2D eigenvalue weighted by atomic mass is 9.89. The summed E-state index contributed by atoms with van der Waals surface area (Å²) in [5.74, 6) is 1.56. The molecule has 1 fully saturated rings. The number of fused-ring (bicyclic) bond motifs is 2. The van der Waals surface area contributed by atoms with Crippen LogP contribution < -0.4 is 10.1 Å². The normalized spacial score (nSPS) is 20.2. The Morgan fingerprint density at radius 3 is 2.72 bits per heavy atom. The van der Waals surface area contributed by atoms with E-state index in [1.165, 1.54) is 16.5 Å². The van der Waals surface area contributed by atoms with Crippen LogP contribution in [0.2, 0.25) is 0 Å². The summed E-state index contributed by atoms with van der Waals surface area (Å²) in [4.78, 5) is 18.4. The molecule has 0 aliphatic carbocycles. The van der Waals surface area contributed by atoms with Crippen LogP contribution >= 0.6 is 0 Å². The van der Waals surface area contributed by atoms with Gasteiger partial charge in [-0.2, -0.15) is 0 Å². The largest absolute Gasteiger partial charge is 0.493 e. The highest BCUT2D eigenvalue weighted by Crippen LogP contribution is 2.33. The Labute approximate surface area is 171 Å².